The third-order valence-electron chi connectivity index (χ3n) is 2.82. The number of benzene rings is 1. The second-order valence-corrected chi connectivity index (χ2v) is 4.04. The zero-order valence-corrected chi connectivity index (χ0v) is 9.89. The van der Waals surface area contributed by atoms with Crippen LogP contribution >= 0.6 is 0 Å². The van der Waals surface area contributed by atoms with Gasteiger partial charge in [-0.1, -0.05) is 30.0 Å². The molecule has 0 atom stereocenters. The molecule has 0 saturated heterocycles. The minimum atomic E-state index is -0.243. The highest BCUT2D eigenvalue weighted by molar-refractivity contribution is 6.33. The Morgan fingerprint density at radius 3 is 2.72 bits per heavy atom. The maximum Gasteiger partial charge on any atom is 0.327 e. The lowest BCUT2D eigenvalue weighted by atomic mass is 10.1. The van der Waals surface area contributed by atoms with Gasteiger partial charge in [-0.05, 0) is 31.4 Å². The molecular weight excluding hydrogens is 224 g/mol. The molecule has 0 radical (unpaired) electrons. The van der Waals surface area contributed by atoms with Crippen molar-refractivity contribution in [3.8, 4) is 11.8 Å². The lowest BCUT2D eigenvalue weighted by molar-refractivity contribution is -0.112. The summed E-state index contributed by atoms with van der Waals surface area (Å²) in [4.78, 5) is 14.4. The first-order chi connectivity index (χ1) is 8.81. The SMILES string of the molecule is [N-]=[N+]=CC(=O)C1=C(C#Cc2ccccc2)CCC1. The highest BCUT2D eigenvalue weighted by atomic mass is 16.1. The molecule has 0 aromatic heterocycles. The third-order valence-corrected chi connectivity index (χ3v) is 2.82. The summed E-state index contributed by atoms with van der Waals surface area (Å²) >= 11 is 0. The summed E-state index contributed by atoms with van der Waals surface area (Å²) in [5, 5.41) is 0. The Morgan fingerprint density at radius 2 is 2.00 bits per heavy atom. The van der Waals surface area contributed by atoms with E-state index in [2.05, 4.69) is 16.6 Å². The van der Waals surface area contributed by atoms with Gasteiger partial charge in [0.15, 0.2) is 0 Å². The van der Waals surface area contributed by atoms with Gasteiger partial charge in [-0.3, -0.25) is 4.79 Å². The highest BCUT2D eigenvalue weighted by Gasteiger charge is 2.20. The van der Waals surface area contributed by atoms with Crippen LogP contribution in [0.25, 0.3) is 5.53 Å². The molecule has 0 saturated carbocycles. The highest BCUT2D eigenvalue weighted by Crippen LogP contribution is 2.25. The van der Waals surface area contributed by atoms with Crippen molar-refractivity contribution < 1.29 is 9.58 Å². The molecule has 1 aromatic carbocycles. The van der Waals surface area contributed by atoms with E-state index in [4.69, 9.17) is 5.53 Å². The fraction of sp³-hybridized carbons (Fsp3) is 0.200. The van der Waals surface area contributed by atoms with E-state index >= 15 is 0 Å². The first-order valence-electron chi connectivity index (χ1n) is 5.82. The Bertz CT molecular complexity index is 596. The molecule has 0 amide bonds. The predicted molar refractivity (Wildman–Crippen MR) is 68.9 cm³/mol. The zero-order valence-electron chi connectivity index (χ0n) is 9.89. The predicted octanol–water partition coefficient (Wildman–Crippen LogP) is 2.39. The van der Waals surface area contributed by atoms with Crippen molar-refractivity contribution in [2.75, 3.05) is 0 Å². The van der Waals surface area contributed by atoms with Crippen LogP contribution in [-0.4, -0.2) is 16.8 Å². The maximum atomic E-state index is 11.6. The van der Waals surface area contributed by atoms with E-state index in [1.165, 1.54) is 0 Å². The normalized spacial score (nSPS) is 13.6. The standard InChI is InChI=1S/C15H12N2O/c16-17-11-15(18)14-8-4-7-13(14)10-9-12-5-2-1-3-6-12/h1-3,5-6,11H,4,7-8H2. The molecule has 18 heavy (non-hydrogen) atoms. The van der Waals surface area contributed by atoms with E-state index in [1.807, 2.05) is 30.3 Å². The minimum Gasteiger partial charge on any atom is -0.361 e. The summed E-state index contributed by atoms with van der Waals surface area (Å²) in [7, 11) is 0. The van der Waals surface area contributed by atoms with Crippen LogP contribution in [-0.2, 0) is 4.79 Å². The monoisotopic (exact) mass is 236 g/mol. The van der Waals surface area contributed by atoms with Crippen LogP contribution in [0.15, 0.2) is 41.5 Å². The summed E-state index contributed by atoms with van der Waals surface area (Å²) < 4.78 is 0. The Balaban J connectivity index is 2.27. The van der Waals surface area contributed by atoms with E-state index in [-0.39, 0.29) is 5.78 Å². The summed E-state index contributed by atoms with van der Waals surface area (Å²) in [6.07, 6.45) is 3.40. The number of rotatable bonds is 2. The number of allylic oxidation sites excluding steroid dienone is 2. The zero-order chi connectivity index (χ0) is 12.8. The van der Waals surface area contributed by atoms with Crippen LogP contribution < -0.4 is 0 Å². The molecule has 1 aromatic rings. The summed E-state index contributed by atoms with van der Waals surface area (Å²) in [6, 6.07) is 9.65. The molecular formula is C15H12N2O. The van der Waals surface area contributed by atoms with Gasteiger partial charge >= 0.3 is 6.21 Å². The van der Waals surface area contributed by atoms with Gasteiger partial charge in [-0.25, -0.2) is 0 Å². The lowest BCUT2D eigenvalue weighted by Gasteiger charge is -1.93. The molecule has 0 heterocycles. The summed E-state index contributed by atoms with van der Waals surface area (Å²) in [5.74, 6) is 5.86. The van der Waals surface area contributed by atoms with Gasteiger partial charge in [0.25, 0.3) is 5.78 Å². The lowest BCUT2D eigenvalue weighted by Crippen LogP contribution is -2.03. The van der Waals surface area contributed by atoms with Gasteiger partial charge < -0.3 is 5.53 Å². The topological polar surface area (TPSA) is 53.5 Å². The number of carbonyl (C=O) groups excluding carboxylic acids is 1. The first kappa shape index (κ1) is 12.0. The Hall–Kier alpha value is -2.43. The van der Waals surface area contributed by atoms with Crippen molar-refractivity contribution >= 4 is 12.0 Å². The quantitative estimate of drug-likeness (QED) is 0.336. The van der Waals surface area contributed by atoms with Gasteiger partial charge in [0.1, 0.15) is 0 Å². The molecule has 0 bridgehead atoms. The number of hydrogen-bond donors (Lipinski definition) is 0. The van der Waals surface area contributed by atoms with Crippen molar-refractivity contribution in [1.82, 2.24) is 0 Å². The average molecular weight is 236 g/mol. The fourth-order valence-corrected chi connectivity index (χ4v) is 1.95. The van der Waals surface area contributed by atoms with Gasteiger partial charge in [0, 0.05) is 16.7 Å². The smallest absolute Gasteiger partial charge is 0.327 e. The van der Waals surface area contributed by atoms with Crippen LogP contribution in [0, 0.1) is 11.8 Å². The van der Waals surface area contributed by atoms with Gasteiger partial charge in [0.2, 0.25) is 0 Å². The third kappa shape index (κ3) is 2.82. The van der Waals surface area contributed by atoms with Gasteiger partial charge in [-0.2, -0.15) is 4.79 Å². The van der Waals surface area contributed by atoms with E-state index < -0.39 is 0 Å². The molecule has 3 heteroatoms. The number of ketones is 1. The van der Waals surface area contributed by atoms with Crippen molar-refractivity contribution in [3.05, 3.63) is 52.6 Å². The first-order valence-corrected chi connectivity index (χ1v) is 5.82. The second-order valence-electron chi connectivity index (χ2n) is 4.04. The van der Waals surface area contributed by atoms with Crippen molar-refractivity contribution in [2.24, 2.45) is 0 Å². The van der Waals surface area contributed by atoms with Crippen LogP contribution in [0.2, 0.25) is 0 Å². The number of Topliss-reactive ketones (excluding diaryl/α,β-unsaturated/α-hetero) is 1. The van der Waals surface area contributed by atoms with E-state index in [0.717, 1.165) is 30.2 Å². The molecule has 0 unspecified atom stereocenters. The molecule has 2 rings (SSSR count). The Labute approximate surface area is 106 Å². The molecule has 0 aliphatic heterocycles. The van der Waals surface area contributed by atoms with Gasteiger partial charge in [-0.15, -0.1) is 0 Å². The van der Waals surface area contributed by atoms with Gasteiger partial charge in [0.05, 0.1) is 0 Å². The Morgan fingerprint density at radius 1 is 1.22 bits per heavy atom. The molecule has 0 N–H and O–H groups in total. The van der Waals surface area contributed by atoms with Crippen molar-refractivity contribution in [3.63, 3.8) is 0 Å². The molecule has 1 aliphatic carbocycles. The fourth-order valence-electron chi connectivity index (χ4n) is 1.95. The molecule has 88 valence electrons. The second kappa shape index (κ2) is 5.77. The number of nitrogens with zero attached hydrogens (tertiary/aromatic N) is 2. The maximum absolute atomic E-state index is 11.6. The van der Waals surface area contributed by atoms with E-state index in [9.17, 15) is 4.79 Å². The average Bonchev–Trinajstić information content (AvgIpc) is 2.86. The molecule has 3 nitrogen and oxygen atoms in total. The van der Waals surface area contributed by atoms with Crippen molar-refractivity contribution in [2.45, 2.75) is 19.3 Å². The number of carbonyl (C=O) groups is 1. The summed E-state index contributed by atoms with van der Waals surface area (Å²) in [6.45, 7) is 0. The van der Waals surface area contributed by atoms with E-state index in [0.29, 0.717) is 12.0 Å². The van der Waals surface area contributed by atoms with Crippen LogP contribution in [0.5, 0.6) is 0 Å². The van der Waals surface area contributed by atoms with Crippen LogP contribution in [0.3, 0.4) is 0 Å². The minimum absolute atomic E-state index is 0.243. The number of hydrogen-bond acceptors (Lipinski definition) is 1. The largest absolute Gasteiger partial charge is 0.361 e. The molecule has 0 spiro atoms. The molecule has 0 fully saturated rings. The Kier molecular flexibility index (Phi) is 3.86. The summed E-state index contributed by atoms with van der Waals surface area (Å²) in [5.41, 5.74) is 10.9. The van der Waals surface area contributed by atoms with Crippen molar-refractivity contribution in [1.29, 1.82) is 0 Å². The van der Waals surface area contributed by atoms with Crippen LogP contribution in [0.1, 0.15) is 24.8 Å². The van der Waals surface area contributed by atoms with E-state index in [1.54, 1.807) is 0 Å². The molecule has 1 aliphatic rings. The van der Waals surface area contributed by atoms with Crippen LogP contribution in [0.4, 0.5) is 0 Å².